The summed E-state index contributed by atoms with van der Waals surface area (Å²) in [5.74, 6) is 0. The van der Waals surface area contributed by atoms with Gasteiger partial charge in [0.05, 0.1) is 0 Å². The molecule has 0 heterocycles. The van der Waals surface area contributed by atoms with Gasteiger partial charge in [0, 0.05) is 0 Å². The van der Waals surface area contributed by atoms with E-state index in [1.165, 1.54) is 30.4 Å². The highest BCUT2D eigenvalue weighted by atomic mass is 14.0. The van der Waals surface area contributed by atoms with E-state index in [2.05, 4.69) is 25.7 Å². The minimum atomic E-state index is 1.21. The molecule has 0 spiro atoms. The van der Waals surface area contributed by atoms with Crippen LogP contribution in [-0.2, 0) is 0 Å². The molecule has 0 aromatic carbocycles. The second-order valence-electron chi connectivity index (χ2n) is 2.96. The highest BCUT2D eigenvalue weighted by molar-refractivity contribution is 5.14. The standard InChI is InChI=1S/C10H14/c1-9-5-3-7-10(2)8-4-6-9/h3,5H,4,6,8H2,1-2H3/b9-5-. The van der Waals surface area contributed by atoms with Crippen LogP contribution in [-0.4, -0.2) is 0 Å². The molecular weight excluding hydrogens is 120 g/mol. The van der Waals surface area contributed by atoms with Gasteiger partial charge < -0.3 is 0 Å². The molecule has 0 aliphatic heterocycles. The van der Waals surface area contributed by atoms with Crippen molar-refractivity contribution in [3.63, 3.8) is 0 Å². The second-order valence-corrected chi connectivity index (χ2v) is 2.96. The van der Waals surface area contributed by atoms with E-state index in [-0.39, 0.29) is 0 Å². The normalized spacial score (nSPS) is 24.2. The van der Waals surface area contributed by atoms with Crippen molar-refractivity contribution in [1.29, 1.82) is 0 Å². The molecule has 0 amide bonds. The zero-order valence-corrected chi connectivity index (χ0v) is 6.78. The van der Waals surface area contributed by atoms with Gasteiger partial charge in [0.25, 0.3) is 0 Å². The summed E-state index contributed by atoms with van der Waals surface area (Å²) in [6.07, 6.45) is 7.93. The van der Waals surface area contributed by atoms with E-state index in [0.29, 0.717) is 0 Å². The van der Waals surface area contributed by atoms with Gasteiger partial charge in [-0.1, -0.05) is 11.6 Å². The Morgan fingerprint density at radius 1 is 1.30 bits per heavy atom. The lowest BCUT2D eigenvalue weighted by atomic mass is 10.0. The Morgan fingerprint density at radius 2 is 2.10 bits per heavy atom. The SMILES string of the molecule is CC1=C=C/C=C(/C)CCC1. The first-order chi connectivity index (χ1) is 4.79. The van der Waals surface area contributed by atoms with E-state index in [0.717, 1.165) is 0 Å². The second kappa shape index (κ2) is 3.43. The Morgan fingerprint density at radius 3 is 2.90 bits per heavy atom. The van der Waals surface area contributed by atoms with Gasteiger partial charge in [0.2, 0.25) is 0 Å². The van der Waals surface area contributed by atoms with Gasteiger partial charge in [-0.2, -0.15) is 0 Å². The number of hydrogen-bond donors (Lipinski definition) is 0. The summed E-state index contributed by atoms with van der Waals surface area (Å²) in [5.41, 5.74) is 6.08. The Balaban J connectivity index is 2.77. The van der Waals surface area contributed by atoms with Crippen LogP contribution in [0.15, 0.2) is 29.0 Å². The van der Waals surface area contributed by atoms with E-state index in [1.807, 2.05) is 6.08 Å². The summed E-state index contributed by atoms with van der Waals surface area (Å²) < 4.78 is 0. The molecule has 0 atom stereocenters. The molecule has 0 aromatic rings. The van der Waals surface area contributed by atoms with Crippen molar-refractivity contribution < 1.29 is 0 Å². The number of hydrogen-bond acceptors (Lipinski definition) is 0. The lowest BCUT2D eigenvalue weighted by Gasteiger charge is -2.01. The maximum absolute atomic E-state index is 3.23. The monoisotopic (exact) mass is 134 g/mol. The quantitative estimate of drug-likeness (QED) is 0.446. The van der Waals surface area contributed by atoms with Crippen molar-refractivity contribution >= 4 is 0 Å². The summed E-state index contributed by atoms with van der Waals surface area (Å²) in [5, 5.41) is 0. The Hall–Kier alpha value is -0.740. The van der Waals surface area contributed by atoms with Crippen LogP contribution in [0.25, 0.3) is 0 Å². The van der Waals surface area contributed by atoms with Crippen molar-refractivity contribution in [2.75, 3.05) is 0 Å². The van der Waals surface area contributed by atoms with Gasteiger partial charge in [-0.05, 0) is 44.8 Å². The molecule has 0 bridgehead atoms. The van der Waals surface area contributed by atoms with Crippen molar-refractivity contribution in [1.82, 2.24) is 0 Å². The zero-order chi connectivity index (χ0) is 7.40. The fourth-order valence-corrected chi connectivity index (χ4v) is 1.11. The van der Waals surface area contributed by atoms with Crippen LogP contribution in [0.1, 0.15) is 33.1 Å². The summed E-state index contributed by atoms with van der Waals surface area (Å²) in [6.45, 7) is 4.32. The Bertz CT molecular complexity index is 200. The van der Waals surface area contributed by atoms with Gasteiger partial charge in [0.1, 0.15) is 0 Å². The van der Waals surface area contributed by atoms with Crippen molar-refractivity contribution in [2.24, 2.45) is 0 Å². The molecule has 1 aliphatic carbocycles. The lowest BCUT2D eigenvalue weighted by molar-refractivity contribution is 0.801. The van der Waals surface area contributed by atoms with Crippen molar-refractivity contribution in [2.45, 2.75) is 33.1 Å². The summed E-state index contributed by atoms with van der Waals surface area (Å²) in [4.78, 5) is 0. The molecule has 0 heteroatoms. The molecule has 0 unspecified atom stereocenters. The minimum Gasteiger partial charge on any atom is -0.122 e. The van der Waals surface area contributed by atoms with Crippen LogP contribution in [0.5, 0.6) is 0 Å². The summed E-state index contributed by atoms with van der Waals surface area (Å²) in [7, 11) is 0. The zero-order valence-electron chi connectivity index (χ0n) is 6.78. The first-order valence-electron chi connectivity index (χ1n) is 3.87. The molecule has 1 rings (SSSR count). The van der Waals surface area contributed by atoms with Crippen molar-refractivity contribution in [3.05, 3.63) is 29.0 Å². The predicted octanol–water partition coefficient (Wildman–Crippen LogP) is 3.22. The molecule has 0 aromatic heterocycles. The summed E-state index contributed by atoms with van der Waals surface area (Å²) in [6, 6.07) is 0. The van der Waals surface area contributed by atoms with E-state index in [4.69, 9.17) is 0 Å². The fourth-order valence-electron chi connectivity index (χ4n) is 1.11. The fraction of sp³-hybridized carbons (Fsp3) is 0.500. The molecule has 0 saturated carbocycles. The largest absolute Gasteiger partial charge is 0.122 e. The van der Waals surface area contributed by atoms with Gasteiger partial charge in [-0.25, -0.2) is 0 Å². The third kappa shape index (κ3) is 2.24. The van der Waals surface area contributed by atoms with Crippen LogP contribution in [0.3, 0.4) is 0 Å². The molecule has 0 N–H and O–H groups in total. The highest BCUT2D eigenvalue weighted by Gasteiger charge is 1.93. The average Bonchev–Trinajstić information content (AvgIpc) is 1.84. The van der Waals surface area contributed by atoms with Gasteiger partial charge in [-0.15, -0.1) is 5.73 Å². The van der Waals surface area contributed by atoms with E-state index >= 15 is 0 Å². The predicted molar refractivity (Wildman–Crippen MR) is 44.9 cm³/mol. The van der Waals surface area contributed by atoms with E-state index in [9.17, 15) is 0 Å². The third-order valence-corrected chi connectivity index (χ3v) is 1.82. The maximum Gasteiger partial charge on any atom is -0.0201 e. The molecule has 0 saturated heterocycles. The molecule has 0 nitrogen and oxygen atoms in total. The highest BCUT2D eigenvalue weighted by Crippen LogP contribution is 2.12. The minimum absolute atomic E-state index is 1.21. The van der Waals surface area contributed by atoms with Crippen LogP contribution in [0, 0.1) is 0 Å². The van der Waals surface area contributed by atoms with Crippen LogP contribution >= 0.6 is 0 Å². The first-order valence-corrected chi connectivity index (χ1v) is 3.87. The number of rotatable bonds is 0. The first kappa shape index (κ1) is 7.37. The van der Waals surface area contributed by atoms with E-state index < -0.39 is 0 Å². The average molecular weight is 134 g/mol. The Kier molecular flexibility index (Phi) is 2.53. The lowest BCUT2D eigenvalue weighted by Crippen LogP contribution is -1.82. The maximum atomic E-state index is 3.23. The van der Waals surface area contributed by atoms with Crippen LogP contribution in [0.2, 0.25) is 0 Å². The van der Waals surface area contributed by atoms with Gasteiger partial charge >= 0.3 is 0 Å². The topological polar surface area (TPSA) is 0 Å². The molecular formula is C10H14. The van der Waals surface area contributed by atoms with Crippen molar-refractivity contribution in [3.8, 4) is 0 Å². The number of allylic oxidation sites excluding steroid dienone is 3. The summed E-state index contributed by atoms with van der Waals surface area (Å²) >= 11 is 0. The molecule has 1 aliphatic rings. The molecule has 0 radical (unpaired) electrons. The molecule has 10 heavy (non-hydrogen) atoms. The third-order valence-electron chi connectivity index (χ3n) is 1.82. The Labute approximate surface area is 62.9 Å². The van der Waals surface area contributed by atoms with Crippen LogP contribution < -0.4 is 0 Å². The van der Waals surface area contributed by atoms with E-state index in [1.54, 1.807) is 0 Å². The smallest absolute Gasteiger partial charge is 0.0201 e. The molecule has 0 fully saturated rings. The van der Waals surface area contributed by atoms with Gasteiger partial charge in [-0.3, -0.25) is 0 Å². The van der Waals surface area contributed by atoms with Crippen LogP contribution in [0.4, 0.5) is 0 Å². The molecule has 54 valence electrons. The van der Waals surface area contributed by atoms with Gasteiger partial charge in [0.15, 0.2) is 0 Å².